The number of benzene rings is 1. The quantitative estimate of drug-likeness (QED) is 0.764. The van der Waals surface area contributed by atoms with E-state index < -0.39 is 0 Å². The SMILES string of the molecule is COC1(CN(C)C)CCN(C(=O)Cn2nnc(-c3ccccc3)n2)CC1. The zero-order valence-electron chi connectivity index (χ0n) is 15.6. The van der Waals surface area contributed by atoms with Gasteiger partial charge in [0.2, 0.25) is 11.7 Å². The molecule has 0 N–H and O–H groups in total. The molecule has 0 atom stereocenters. The van der Waals surface area contributed by atoms with Crippen molar-refractivity contribution in [2.75, 3.05) is 40.8 Å². The van der Waals surface area contributed by atoms with Crippen molar-refractivity contribution in [2.45, 2.75) is 25.0 Å². The van der Waals surface area contributed by atoms with E-state index in [1.165, 1.54) is 4.80 Å². The van der Waals surface area contributed by atoms with Crippen LogP contribution in [0, 0.1) is 0 Å². The maximum Gasteiger partial charge on any atom is 0.246 e. The highest BCUT2D eigenvalue weighted by Crippen LogP contribution is 2.26. The van der Waals surface area contributed by atoms with E-state index in [1.807, 2.05) is 49.3 Å². The molecule has 8 heteroatoms. The Labute approximate surface area is 153 Å². The van der Waals surface area contributed by atoms with E-state index in [-0.39, 0.29) is 18.1 Å². The first kappa shape index (κ1) is 18.5. The number of methoxy groups -OCH3 is 1. The summed E-state index contributed by atoms with van der Waals surface area (Å²) in [4.78, 5) is 17.9. The molecule has 0 saturated carbocycles. The summed E-state index contributed by atoms with van der Waals surface area (Å²) in [5, 5.41) is 12.4. The van der Waals surface area contributed by atoms with Crippen LogP contribution < -0.4 is 0 Å². The van der Waals surface area contributed by atoms with Gasteiger partial charge in [-0.15, -0.1) is 10.2 Å². The molecule has 1 aliphatic rings. The van der Waals surface area contributed by atoms with Crippen molar-refractivity contribution in [3.05, 3.63) is 30.3 Å². The van der Waals surface area contributed by atoms with Crippen LogP contribution in [0.1, 0.15) is 12.8 Å². The summed E-state index contributed by atoms with van der Waals surface area (Å²) in [5.74, 6) is 0.540. The second-order valence-corrected chi connectivity index (χ2v) is 7.02. The Bertz CT molecular complexity index is 722. The number of amides is 1. The topological polar surface area (TPSA) is 76.4 Å². The highest BCUT2D eigenvalue weighted by molar-refractivity contribution is 5.76. The fourth-order valence-corrected chi connectivity index (χ4v) is 3.40. The maximum atomic E-state index is 12.6. The van der Waals surface area contributed by atoms with Gasteiger partial charge < -0.3 is 14.5 Å². The average molecular weight is 358 g/mol. The molecular formula is C18H26N6O2. The summed E-state index contributed by atoms with van der Waals surface area (Å²) in [6, 6.07) is 9.62. The first-order valence-corrected chi connectivity index (χ1v) is 8.82. The molecule has 1 aromatic heterocycles. The smallest absolute Gasteiger partial charge is 0.246 e. The minimum atomic E-state index is -0.174. The van der Waals surface area contributed by atoms with Crippen LogP contribution in [0.15, 0.2) is 30.3 Å². The summed E-state index contributed by atoms with van der Waals surface area (Å²) in [6.07, 6.45) is 1.65. The number of likely N-dealkylation sites (tertiary alicyclic amines) is 1. The molecular weight excluding hydrogens is 332 g/mol. The number of rotatable bonds is 6. The molecule has 2 aromatic rings. The van der Waals surface area contributed by atoms with Crippen molar-refractivity contribution >= 4 is 5.91 Å². The second-order valence-electron chi connectivity index (χ2n) is 7.02. The normalized spacial score (nSPS) is 16.8. The third-order valence-corrected chi connectivity index (χ3v) is 4.83. The molecule has 2 heterocycles. The van der Waals surface area contributed by atoms with E-state index in [0.29, 0.717) is 18.9 Å². The van der Waals surface area contributed by atoms with E-state index in [1.54, 1.807) is 7.11 Å². The lowest BCUT2D eigenvalue weighted by atomic mass is 9.90. The van der Waals surface area contributed by atoms with E-state index in [9.17, 15) is 4.79 Å². The minimum absolute atomic E-state index is 0.0107. The van der Waals surface area contributed by atoms with Gasteiger partial charge >= 0.3 is 0 Å². The summed E-state index contributed by atoms with van der Waals surface area (Å²) in [6.45, 7) is 2.32. The Morgan fingerprint density at radius 1 is 1.23 bits per heavy atom. The molecule has 0 bridgehead atoms. The van der Waals surface area contributed by atoms with Gasteiger partial charge in [-0.2, -0.15) is 4.80 Å². The van der Waals surface area contributed by atoms with Crippen molar-refractivity contribution < 1.29 is 9.53 Å². The fourth-order valence-electron chi connectivity index (χ4n) is 3.40. The number of ether oxygens (including phenoxy) is 1. The van der Waals surface area contributed by atoms with Gasteiger partial charge in [-0.3, -0.25) is 4.79 Å². The molecule has 1 fully saturated rings. The summed E-state index contributed by atoms with van der Waals surface area (Å²) in [7, 11) is 5.84. The highest BCUT2D eigenvalue weighted by Gasteiger charge is 2.36. The Morgan fingerprint density at radius 2 is 1.92 bits per heavy atom. The molecule has 26 heavy (non-hydrogen) atoms. The van der Waals surface area contributed by atoms with Gasteiger partial charge in [-0.25, -0.2) is 0 Å². The van der Waals surface area contributed by atoms with Gasteiger partial charge in [-0.1, -0.05) is 30.3 Å². The molecule has 1 aromatic carbocycles. The molecule has 0 unspecified atom stereocenters. The van der Waals surface area contributed by atoms with E-state index in [0.717, 1.165) is 24.9 Å². The lowest BCUT2D eigenvalue weighted by Crippen LogP contribution is -2.52. The number of aromatic nitrogens is 4. The Balaban J connectivity index is 1.57. The number of hydrogen-bond acceptors (Lipinski definition) is 6. The molecule has 3 rings (SSSR count). The highest BCUT2D eigenvalue weighted by atomic mass is 16.5. The summed E-state index contributed by atoms with van der Waals surface area (Å²) in [5.41, 5.74) is 0.712. The summed E-state index contributed by atoms with van der Waals surface area (Å²) < 4.78 is 5.77. The first-order valence-electron chi connectivity index (χ1n) is 8.82. The van der Waals surface area contributed by atoms with Crippen LogP contribution in [0.25, 0.3) is 11.4 Å². The molecule has 1 aliphatic heterocycles. The van der Waals surface area contributed by atoms with Crippen molar-refractivity contribution in [1.29, 1.82) is 0 Å². The zero-order chi connectivity index (χ0) is 18.6. The van der Waals surface area contributed by atoms with E-state index in [4.69, 9.17) is 4.74 Å². The van der Waals surface area contributed by atoms with Crippen LogP contribution in [0.3, 0.4) is 0 Å². The largest absolute Gasteiger partial charge is 0.377 e. The van der Waals surface area contributed by atoms with Crippen LogP contribution in [0.4, 0.5) is 0 Å². The lowest BCUT2D eigenvalue weighted by molar-refractivity contribution is -0.138. The monoisotopic (exact) mass is 358 g/mol. The Hall–Kier alpha value is -2.32. The molecule has 8 nitrogen and oxygen atoms in total. The number of hydrogen-bond donors (Lipinski definition) is 0. The van der Waals surface area contributed by atoms with E-state index in [2.05, 4.69) is 20.3 Å². The van der Waals surface area contributed by atoms with Gasteiger partial charge in [0.05, 0.1) is 5.60 Å². The second kappa shape index (κ2) is 7.92. The van der Waals surface area contributed by atoms with Crippen LogP contribution >= 0.6 is 0 Å². The number of piperidine rings is 1. The number of tetrazole rings is 1. The van der Waals surface area contributed by atoms with Crippen LogP contribution in [0.5, 0.6) is 0 Å². The van der Waals surface area contributed by atoms with Gasteiger partial charge in [0.15, 0.2) is 0 Å². The summed E-state index contributed by atoms with van der Waals surface area (Å²) >= 11 is 0. The van der Waals surface area contributed by atoms with E-state index >= 15 is 0 Å². The van der Waals surface area contributed by atoms with Crippen molar-refractivity contribution in [3.8, 4) is 11.4 Å². The molecule has 1 amide bonds. The van der Waals surface area contributed by atoms with Crippen molar-refractivity contribution in [2.24, 2.45) is 0 Å². The van der Waals surface area contributed by atoms with Crippen LogP contribution in [0.2, 0.25) is 0 Å². The molecule has 1 saturated heterocycles. The van der Waals surface area contributed by atoms with Crippen molar-refractivity contribution in [3.63, 3.8) is 0 Å². The number of carbonyl (C=O) groups excluding carboxylic acids is 1. The number of nitrogens with zero attached hydrogens (tertiary/aromatic N) is 6. The molecule has 0 spiro atoms. The minimum Gasteiger partial charge on any atom is -0.377 e. The predicted octanol–water partition coefficient (Wildman–Crippen LogP) is 0.909. The molecule has 0 aliphatic carbocycles. The van der Waals surface area contributed by atoms with Crippen LogP contribution in [-0.2, 0) is 16.1 Å². The van der Waals surface area contributed by atoms with Gasteiger partial charge in [0.1, 0.15) is 6.54 Å². The Kier molecular flexibility index (Phi) is 5.63. The predicted molar refractivity (Wildman–Crippen MR) is 97.4 cm³/mol. The maximum absolute atomic E-state index is 12.6. The van der Waals surface area contributed by atoms with Gasteiger partial charge in [0, 0.05) is 32.3 Å². The lowest BCUT2D eigenvalue weighted by Gasteiger charge is -2.42. The Morgan fingerprint density at radius 3 is 2.54 bits per heavy atom. The third kappa shape index (κ3) is 4.25. The number of carbonyl (C=O) groups is 1. The standard InChI is InChI=1S/C18H26N6O2/c1-22(2)14-18(26-3)9-11-23(12-10-18)16(25)13-24-20-17(19-21-24)15-7-5-4-6-8-15/h4-8H,9-14H2,1-3H3. The first-order chi connectivity index (χ1) is 12.5. The van der Waals surface area contributed by atoms with Crippen molar-refractivity contribution in [1.82, 2.24) is 30.0 Å². The zero-order valence-corrected chi connectivity index (χ0v) is 15.6. The average Bonchev–Trinajstić information content (AvgIpc) is 3.11. The third-order valence-electron chi connectivity index (χ3n) is 4.83. The molecule has 140 valence electrons. The van der Waals surface area contributed by atoms with Gasteiger partial charge in [0.25, 0.3) is 0 Å². The number of likely N-dealkylation sites (N-methyl/N-ethyl adjacent to an activating group) is 1. The van der Waals surface area contributed by atoms with Gasteiger partial charge in [-0.05, 0) is 32.2 Å². The van der Waals surface area contributed by atoms with Crippen LogP contribution in [-0.4, -0.2) is 82.4 Å². The fraction of sp³-hybridized carbons (Fsp3) is 0.556. The molecule has 0 radical (unpaired) electrons.